The van der Waals surface area contributed by atoms with Gasteiger partial charge in [0.05, 0.1) is 0 Å². The molecule has 0 amide bonds. The van der Waals surface area contributed by atoms with Crippen LogP contribution >= 0.6 is 0 Å². The van der Waals surface area contributed by atoms with Gasteiger partial charge in [0.25, 0.3) is 0 Å². The lowest BCUT2D eigenvalue weighted by Crippen LogP contribution is -1.99. The second kappa shape index (κ2) is 4.26. The molecular weight excluding hydrogens is 165 g/mol. The second-order valence-corrected chi connectivity index (χ2v) is 3.29. The molecule has 2 heteroatoms. The molecule has 1 N–H and O–H groups in total. The van der Waals surface area contributed by atoms with E-state index in [-0.39, 0.29) is 5.82 Å². The normalized spacial score (nSPS) is 12.6. The summed E-state index contributed by atoms with van der Waals surface area (Å²) in [5, 5.41) is 3.01. The molecule has 1 unspecified atom stereocenters. The van der Waals surface area contributed by atoms with Crippen molar-refractivity contribution in [1.82, 2.24) is 0 Å². The van der Waals surface area contributed by atoms with Gasteiger partial charge in [-0.25, -0.2) is 4.39 Å². The van der Waals surface area contributed by atoms with Crippen molar-refractivity contribution in [2.75, 3.05) is 12.4 Å². The van der Waals surface area contributed by atoms with Crippen LogP contribution < -0.4 is 5.32 Å². The zero-order chi connectivity index (χ0) is 9.84. The van der Waals surface area contributed by atoms with Crippen LogP contribution in [0.4, 0.5) is 10.1 Å². The van der Waals surface area contributed by atoms with Crippen LogP contribution in [0, 0.1) is 5.82 Å². The van der Waals surface area contributed by atoms with Crippen LogP contribution in [0.5, 0.6) is 0 Å². The third kappa shape index (κ3) is 2.20. The molecular formula is C11H16FN. The number of rotatable bonds is 3. The summed E-state index contributed by atoms with van der Waals surface area (Å²) in [7, 11) is 1.82. The zero-order valence-electron chi connectivity index (χ0n) is 8.39. The summed E-state index contributed by atoms with van der Waals surface area (Å²) >= 11 is 0. The maximum Gasteiger partial charge on any atom is 0.125 e. The molecule has 72 valence electrons. The molecule has 0 saturated heterocycles. The summed E-state index contributed by atoms with van der Waals surface area (Å²) in [6.45, 7) is 4.28. The quantitative estimate of drug-likeness (QED) is 0.753. The van der Waals surface area contributed by atoms with Crippen molar-refractivity contribution in [3.63, 3.8) is 0 Å². The highest BCUT2D eigenvalue weighted by Crippen LogP contribution is 2.26. The van der Waals surface area contributed by atoms with E-state index in [0.717, 1.165) is 12.1 Å². The highest BCUT2D eigenvalue weighted by atomic mass is 19.1. The molecule has 0 spiro atoms. The van der Waals surface area contributed by atoms with Gasteiger partial charge in [0.1, 0.15) is 5.82 Å². The van der Waals surface area contributed by atoms with Gasteiger partial charge in [-0.1, -0.05) is 19.9 Å². The fourth-order valence-corrected chi connectivity index (χ4v) is 1.39. The standard InChI is InChI=1S/C11H16FN/c1-4-8(2)10-6-5-9(12)7-11(10)13-3/h5-8,13H,4H2,1-3H3. The van der Waals surface area contributed by atoms with E-state index in [4.69, 9.17) is 0 Å². The minimum absolute atomic E-state index is 0.184. The minimum Gasteiger partial charge on any atom is -0.388 e. The smallest absolute Gasteiger partial charge is 0.125 e. The van der Waals surface area contributed by atoms with Crippen molar-refractivity contribution in [2.45, 2.75) is 26.2 Å². The number of hydrogen-bond donors (Lipinski definition) is 1. The van der Waals surface area contributed by atoms with E-state index in [2.05, 4.69) is 19.2 Å². The number of hydrogen-bond acceptors (Lipinski definition) is 1. The summed E-state index contributed by atoms with van der Waals surface area (Å²) in [5.41, 5.74) is 2.08. The molecule has 1 atom stereocenters. The predicted molar refractivity (Wildman–Crippen MR) is 54.7 cm³/mol. The zero-order valence-corrected chi connectivity index (χ0v) is 8.39. The lowest BCUT2D eigenvalue weighted by Gasteiger charge is -2.14. The van der Waals surface area contributed by atoms with E-state index < -0.39 is 0 Å². The Bertz CT molecular complexity index is 283. The first-order valence-electron chi connectivity index (χ1n) is 4.66. The van der Waals surface area contributed by atoms with Crippen LogP contribution in [0.25, 0.3) is 0 Å². The Morgan fingerprint density at radius 3 is 2.69 bits per heavy atom. The van der Waals surface area contributed by atoms with Gasteiger partial charge < -0.3 is 5.32 Å². The molecule has 0 heterocycles. The first-order chi connectivity index (χ1) is 6.19. The highest BCUT2D eigenvalue weighted by Gasteiger charge is 2.08. The topological polar surface area (TPSA) is 12.0 Å². The summed E-state index contributed by atoms with van der Waals surface area (Å²) in [6.07, 6.45) is 1.07. The van der Waals surface area contributed by atoms with E-state index >= 15 is 0 Å². The van der Waals surface area contributed by atoms with Crippen LogP contribution in [0.2, 0.25) is 0 Å². The van der Waals surface area contributed by atoms with Crippen LogP contribution in [-0.4, -0.2) is 7.05 Å². The van der Waals surface area contributed by atoms with Crippen molar-refractivity contribution in [3.05, 3.63) is 29.6 Å². The van der Waals surface area contributed by atoms with Gasteiger partial charge in [0.15, 0.2) is 0 Å². The van der Waals surface area contributed by atoms with Gasteiger partial charge in [-0.15, -0.1) is 0 Å². The summed E-state index contributed by atoms with van der Waals surface area (Å²) in [5.74, 6) is 0.291. The van der Waals surface area contributed by atoms with E-state index in [1.165, 1.54) is 11.6 Å². The fourth-order valence-electron chi connectivity index (χ4n) is 1.39. The maximum absolute atomic E-state index is 12.9. The van der Waals surface area contributed by atoms with Crippen LogP contribution in [-0.2, 0) is 0 Å². The van der Waals surface area contributed by atoms with Crippen molar-refractivity contribution in [1.29, 1.82) is 0 Å². The Balaban J connectivity index is 3.05. The Hall–Kier alpha value is -1.05. The first kappa shape index (κ1) is 10.0. The largest absolute Gasteiger partial charge is 0.388 e. The molecule has 0 aliphatic carbocycles. The highest BCUT2D eigenvalue weighted by molar-refractivity contribution is 5.52. The first-order valence-corrected chi connectivity index (χ1v) is 4.66. The third-order valence-corrected chi connectivity index (χ3v) is 2.43. The second-order valence-electron chi connectivity index (χ2n) is 3.29. The van der Waals surface area contributed by atoms with Gasteiger partial charge >= 0.3 is 0 Å². The van der Waals surface area contributed by atoms with Crippen molar-refractivity contribution in [3.8, 4) is 0 Å². The van der Waals surface area contributed by atoms with E-state index in [1.807, 2.05) is 13.1 Å². The molecule has 1 rings (SSSR count). The molecule has 1 nitrogen and oxygen atoms in total. The third-order valence-electron chi connectivity index (χ3n) is 2.43. The lowest BCUT2D eigenvalue weighted by atomic mass is 9.97. The minimum atomic E-state index is -0.184. The Morgan fingerprint density at radius 1 is 1.46 bits per heavy atom. The summed E-state index contributed by atoms with van der Waals surface area (Å²) in [4.78, 5) is 0. The molecule has 0 radical (unpaired) electrons. The monoisotopic (exact) mass is 181 g/mol. The number of halogens is 1. The van der Waals surface area contributed by atoms with E-state index in [9.17, 15) is 4.39 Å². The van der Waals surface area contributed by atoms with Crippen molar-refractivity contribution >= 4 is 5.69 Å². The summed E-state index contributed by atoms with van der Waals surface area (Å²) < 4.78 is 12.9. The SMILES string of the molecule is CCC(C)c1ccc(F)cc1NC. The van der Waals surface area contributed by atoms with Crippen molar-refractivity contribution in [2.24, 2.45) is 0 Å². The van der Waals surface area contributed by atoms with Gasteiger partial charge in [-0.2, -0.15) is 0 Å². The Morgan fingerprint density at radius 2 is 2.15 bits per heavy atom. The molecule has 0 aromatic heterocycles. The van der Waals surface area contributed by atoms with Crippen LogP contribution in [0.3, 0.4) is 0 Å². The number of benzene rings is 1. The molecule has 13 heavy (non-hydrogen) atoms. The molecule has 0 saturated carbocycles. The molecule has 0 bridgehead atoms. The van der Waals surface area contributed by atoms with Crippen LogP contribution in [0.1, 0.15) is 31.7 Å². The summed E-state index contributed by atoms with van der Waals surface area (Å²) in [6, 6.07) is 4.92. The molecule has 0 fully saturated rings. The van der Waals surface area contributed by atoms with Crippen LogP contribution in [0.15, 0.2) is 18.2 Å². The predicted octanol–water partition coefficient (Wildman–Crippen LogP) is 3.38. The van der Waals surface area contributed by atoms with Gasteiger partial charge in [0, 0.05) is 12.7 Å². The Labute approximate surface area is 79.0 Å². The average molecular weight is 181 g/mol. The molecule has 1 aromatic carbocycles. The Kier molecular flexibility index (Phi) is 3.29. The average Bonchev–Trinajstić information content (AvgIpc) is 2.16. The van der Waals surface area contributed by atoms with E-state index in [1.54, 1.807) is 6.07 Å². The number of nitrogens with one attached hydrogen (secondary N) is 1. The molecule has 1 aromatic rings. The number of anilines is 1. The maximum atomic E-state index is 12.9. The molecule has 0 aliphatic rings. The van der Waals surface area contributed by atoms with E-state index in [0.29, 0.717) is 5.92 Å². The van der Waals surface area contributed by atoms with Gasteiger partial charge in [-0.3, -0.25) is 0 Å². The van der Waals surface area contributed by atoms with Gasteiger partial charge in [0.2, 0.25) is 0 Å². The lowest BCUT2D eigenvalue weighted by molar-refractivity contribution is 0.625. The fraction of sp³-hybridized carbons (Fsp3) is 0.455. The molecule has 0 aliphatic heterocycles. The van der Waals surface area contributed by atoms with Gasteiger partial charge in [-0.05, 0) is 30.0 Å². The van der Waals surface area contributed by atoms with Crippen molar-refractivity contribution < 1.29 is 4.39 Å².